The first kappa shape index (κ1) is 19.3. The number of pyridine rings is 1. The maximum atomic E-state index is 12.4. The van der Waals surface area contributed by atoms with Crippen LogP contribution in [0.15, 0.2) is 30.5 Å². The molecule has 0 unspecified atom stereocenters. The second kappa shape index (κ2) is 8.08. The molecule has 0 aliphatic carbocycles. The molecule has 0 spiro atoms. The van der Waals surface area contributed by atoms with E-state index in [0.717, 1.165) is 11.1 Å². The van der Waals surface area contributed by atoms with Crippen LogP contribution in [0.4, 0.5) is 5.69 Å². The highest BCUT2D eigenvalue weighted by Crippen LogP contribution is 2.36. The molecule has 1 amide bonds. The minimum atomic E-state index is -0.338. The molecule has 3 N–H and O–H groups in total. The quantitative estimate of drug-likeness (QED) is 0.675. The van der Waals surface area contributed by atoms with Gasteiger partial charge in [-0.1, -0.05) is 32.0 Å². The fourth-order valence-electron chi connectivity index (χ4n) is 2.82. The molecule has 0 saturated carbocycles. The number of nitrogens with zero attached hydrogens (tertiary/aromatic N) is 3. The second-order valence-corrected chi connectivity index (χ2v) is 6.69. The van der Waals surface area contributed by atoms with E-state index in [4.69, 9.17) is 15.2 Å². The predicted octanol–water partition coefficient (Wildman–Crippen LogP) is 2.68. The Morgan fingerprint density at radius 3 is 2.64 bits per heavy atom. The van der Waals surface area contributed by atoms with E-state index in [1.807, 2.05) is 32.0 Å². The molecule has 2 aromatic heterocycles. The van der Waals surface area contributed by atoms with E-state index in [9.17, 15) is 4.79 Å². The number of amides is 1. The lowest BCUT2D eigenvalue weighted by atomic mass is 10.0. The fraction of sp³-hybridized carbons (Fsp3) is 0.300. The summed E-state index contributed by atoms with van der Waals surface area (Å²) in [6, 6.07) is 7.22. The number of nitrogens with one attached hydrogen (secondary N) is 1. The molecule has 0 saturated heterocycles. The molecular formula is C20H23N5O3. The number of nitrogens with two attached hydrogens (primary N) is 1. The van der Waals surface area contributed by atoms with Gasteiger partial charge in [0.2, 0.25) is 5.88 Å². The largest absolute Gasteiger partial charge is 0.496 e. The van der Waals surface area contributed by atoms with Crippen molar-refractivity contribution < 1.29 is 14.3 Å². The first-order valence-corrected chi connectivity index (χ1v) is 8.87. The number of hydrogen-bond donors (Lipinski definition) is 2. The Morgan fingerprint density at radius 1 is 1.18 bits per heavy atom. The number of fused-ring (bicyclic) bond motifs is 1. The lowest BCUT2D eigenvalue weighted by Gasteiger charge is -2.13. The van der Waals surface area contributed by atoms with E-state index < -0.39 is 0 Å². The number of benzene rings is 1. The molecule has 146 valence electrons. The topological polar surface area (TPSA) is 112 Å². The number of anilines is 1. The Hall–Kier alpha value is -3.42. The van der Waals surface area contributed by atoms with Gasteiger partial charge in [0.15, 0.2) is 5.69 Å². The number of ether oxygens (including phenoxy) is 2. The Balaban J connectivity index is 2.10. The zero-order valence-electron chi connectivity index (χ0n) is 16.3. The molecule has 0 atom stereocenters. The molecule has 3 aromatic rings. The maximum Gasteiger partial charge on any atom is 0.273 e. The summed E-state index contributed by atoms with van der Waals surface area (Å²) in [5.74, 6) is 1.00. The van der Waals surface area contributed by atoms with Crippen LogP contribution in [0.25, 0.3) is 22.0 Å². The third kappa shape index (κ3) is 3.66. The van der Waals surface area contributed by atoms with E-state index in [1.54, 1.807) is 19.4 Å². The Bertz CT molecular complexity index is 1020. The summed E-state index contributed by atoms with van der Waals surface area (Å²) < 4.78 is 10.6. The van der Waals surface area contributed by atoms with Crippen molar-refractivity contribution in [2.24, 2.45) is 5.92 Å². The molecular weight excluding hydrogens is 358 g/mol. The van der Waals surface area contributed by atoms with Crippen molar-refractivity contribution in [3.63, 3.8) is 0 Å². The van der Waals surface area contributed by atoms with Crippen LogP contribution in [0.3, 0.4) is 0 Å². The second-order valence-electron chi connectivity index (χ2n) is 6.69. The van der Waals surface area contributed by atoms with E-state index in [2.05, 4.69) is 20.5 Å². The minimum Gasteiger partial charge on any atom is -0.496 e. The van der Waals surface area contributed by atoms with Crippen LogP contribution >= 0.6 is 0 Å². The number of hydrogen-bond acceptors (Lipinski definition) is 7. The lowest BCUT2D eigenvalue weighted by molar-refractivity contribution is 0.0944. The fourth-order valence-corrected chi connectivity index (χ4v) is 2.82. The van der Waals surface area contributed by atoms with Gasteiger partial charge >= 0.3 is 0 Å². The molecule has 0 bridgehead atoms. The highest BCUT2D eigenvalue weighted by atomic mass is 16.5. The van der Waals surface area contributed by atoms with Gasteiger partial charge in [-0.2, -0.15) is 0 Å². The summed E-state index contributed by atoms with van der Waals surface area (Å²) in [6.07, 6.45) is 1.65. The standard InChI is InChI=1S/C20H23N5O3/c1-11(2)9-23-20(26)19-17(21)13-7-5-6-12(18(13)24-25-19)14-10-22-16(28-4)8-15(14)27-3/h5-8,10-11H,9H2,1-4H3,(H2,21,24)(H,23,26). The van der Waals surface area contributed by atoms with Gasteiger partial charge in [-0.15, -0.1) is 10.2 Å². The molecule has 0 aliphatic rings. The third-order valence-electron chi connectivity index (χ3n) is 4.28. The Kier molecular flexibility index (Phi) is 5.58. The SMILES string of the molecule is COc1cc(OC)c(-c2cccc3c(N)c(C(=O)NCC(C)C)nnc23)cn1. The van der Waals surface area contributed by atoms with Gasteiger partial charge < -0.3 is 20.5 Å². The van der Waals surface area contributed by atoms with Crippen molar-refractivity contribution in [2.45, 2.75) is 13.8 Å². The van der Waals surface area contributed by atoms with E-state index in [0.29, 0.717) is 35.0 Å². The van der Waals surface area contributed by atoms with Crippen molar-refractivity contribution in [3.8, 4) is 22.8 Å². The van der Waals surface area contributed by atoms with Crippen LogP contribution in [-0.4, -0.2) is 41.9 Å². The summed E-state index contributed by atoms with van der Waals surface area (Å²) in [5, 5.41) is 11.8. The van der Waals surface area contributed by atoms with Crippen molar-refractivity contribution in [1.82, 2.24) is 20.5 Å². The average molecular weight is 381 g/mol. The molecule has 1 aromatic carbocycles. The molecule has 8 nitrogen and oxygen atoms in total. The summed E-state index contributed by atoms with van der Waals surface area (Å²) >= 11 is 0. The Labute approximate surface area is 163 Å². The maximum absolute atomic E-state index is 12.4. The first-order valence-electron chi connectivity index (χ1n) is 8.87. The zero-order chi connectivity index (χ0) is 20.3. The van der Waals surface area contributed by atoms with Crippen molar-refractivity contribution in [1.29, 1.82) is 0 Å². The van der Waals surface area contributed by atoms with Crippen molar-refractivity contribution in [2.75, 3.05) is 26.5 Å². The minimum absolute atomic E-state index is 0.116. The smallest absolute Gasteiger partial charge is 0.273 e. The van der Waals surface area contributed by atoms with Crippen LogP contribution in [0.2, 0.25) is 0 Å². The monoisotopic (exact) mass is 381 g/mol. The van der Waals surface area contributed by atoms with E-state index >= 15 is 0 Å². The van der Waals surface area contributed by atoms with Gasteiger partial charge in [0.05, 0.1) is 19.9 Å². The van der Waals surface area contributed by atoms with Gasteiger partial charge in [-0.05, 0) is 5.92 Å². The highest BCUT2D eigenvalue weighted by molar-refractivity contribution is 6.07. The molecule has 28 heavy (non-hydrogen) atoms. The normalized spacial score (nSPS) is 10.9. The molecule has 0 radical (unpaired) electrons. The zero-order valence-corrected chi connectivity index (χ0v) is 16.3. The molecule has 2 heterocycles. The van der Waals surface area contributed by atoms with Crippen LogP contribution < -0.4 is 20.5 Å². The highest BCUT2D eigenvalue weighted by Gasteiger charge is 2.19. The van der Waals surface area contributed by atoms with Crippen LogP contribution in [-0.2, 0) is 0 Å². The first-order chi connectivity index (χ1) is 13.5. The van der Waals surface area contributed by atoms with Gasteiger partial charge in [0.25, 0.3) is 5.91 Å². The van der Waals surface area contributed by atoms with Gasteiger partial charge in [0, 0.05) is 35.3 Å². The number of nitrogen functional groups attached to an aromatic ring is 1. The van der Waals surface area contributed by atoms with Gasteiger partial charge in [-0.3, -0.25) is 4.79 Å². The number of rotatable bonds is 6. The third-order valence-corrected chi connectivity index (χ3v) is 4.28. The number of aromatic nitrogens is 3. The van der Waals surface area contributed by atoms with Gasteiger partial charge in [-0.25, -0.2) is 4.98 Å². The molecule has 0 fully saturated rings. The molecule has 8 heteroatoms. The van der Waals surface area contributed by atoms with E-state index in [1.165, 1.54) is 7.11 Å². The predicted molar refractivity (Wildman–Crippen MR) is 107 cm³/mol. The average Bonchev–Trinajstić information content (AvgIpc) is 2.71. The lowest BCUT2D eigenvalue weighted by Crippen LogP contribution is -2.29. The van der Waals surface area contributed by atoms with E-state index in [-0.39, 0.29) is 17.3 Å². The number of carbonyl (C=O) groups excluding carboxylic acids is 1. The van der Waals surface area contributed by atoms with Crippen LogP contribution in [0.1, 0.15) is 24.3 Å². The molecule has 3 rings (SSSR count). The summed E-state index contributed by atoms with van der Waals surface area (Å²) in [4.78, 5) is 16.7. The van der Waals surface area contributed by atoms with Gasteiger partial charge in [0.1, 0.15) is 11.3 Å². The molecule has 0 aliphatic heterocycles. The van der Waals surface area contributed by atoms with Crippen molar-refractivity contribution >= 4 is 22.5 Å². The number of methoxy groups -OCH3 is 2. The summed E-state index contributed by atoms with van der Waals surface area (Å²) in [7, 11) is 3.11. The number of carbonyl (C=O) groups is 1. The summed E-state index contributed by atoms with van der Waals surface area (Å²) in [5.41, 5.74) is 8.69. The summed E-state index contributed by atoms with van der Waals surface area (Å²) in [6.45, 7) is 4.56. The van der Waals surface area contributed by atoms with Crippen molar-refractivity contribution in [3.05, 3.63) is 36.2 Å². The van der Waals surface area contributed by atoms with Crippen LogP contribution in [0, 0.1) is 5.92 Å². The Morgan fingerprint density at radius 2 is 1.96 bits per heavy atom. The van der Waals surface area contributed by atoms with Crippen LogP contribution in [0.5, 0.6) is 11.6 Å².